The summed E-state index contributed by atoms with van der Waals surface area (Å²) in [7, 11) is 1.19. The number of nitrogens with zero attached hydrogens (tertiary/aromatic N) is 1. The number of halogens is 1. The summed E-state index contributed by atoms with van der Waals surface area (Å²) in [5.74, 6) is -0.635. The minimum Gasteiger partial charge on any atom is -0.469 e. The van der Waals surface area contributed by atoms with E-state index in [0.717, 1.165) is 0 Å². The molecule has 0 saturated heterocycles. The average molecular weight is 261 g/mol. The van der Waals surface area contributed by atoms with Crippen molar-refractivity contribution >= 4 is 23.3 Å². The number of nitrogen functional groups attached to an aromatic ring is 1. The first-order valence-corrected chi connectivity index (χ1v) is 5.17. The summed E-state index contributed by atoms with van der Waals surface area (Å²) < 4.78 is 4.38. The Morgan fingerprint density at radius 3 is 2.88 bits per heavy atom. The van der Waals surface area contributed by atoms with E-state index in [1.165, 1.54) is 19.4 Å². The molecule has 94 valence electrons. The number of aliphatic hydroxyl groups is 2. The number of rotatable bonds is 4. The third-order valence-electron chi connectivity index (χ3n) is 2.17. The largest absolute Gasteiger partial charge is 0.469 e. The lowest BCUT2D eigenvalue weighted by Gasteiger charge is -2.18. The van der Waals surface area contributed by atoms with E-state index in [2.05, 4.69) is 9.72 Å². The Balaban J connectivity index is 2.84. The van der Waals surface area contributed by atoms with E-state index in [-0.39, 0.29) is 17.1 Å². The Morgan fingerprint density at radius 2 is 2.29 bits per heavy atom. The van der Waals surface area contributed by atoms with Crippen LogP contribution in [0.15, 0.2) is 12.3 Å². The number of methoxy groups -OCH3 is 1. The Bertz CT molecular complexity index is 413. The van der Waals surface area contributed by atoms with Crippen LogP contribution in [-0.4, -0.2) is 34.4 Å². The molecule has 1 aromatic rings. The summed E-state index contributed by atoms with van der Waals surface area (Å²) in [6.45, 7) is 0. The van der Waals surface area contributed by atoms with E-state index in [1.807, 2.05) is 0 Å². The van der Waals surface area contributed by atoms with Crippen LogP contribution in [-0.2, 0) is 9.53 Å². The molecule has 2 unspecified atom stereocenters. The minimum atomic E-state index is -1.35. The molecule has 1 heterocycles. The number of ether oxygens (including phenoxy) is 1. The fourth-order valence-corrected chi connectivity index (χ4v) is 1.48. The molecule has 0 saturated carbocycles. The second-order valence-electron chi connectivity index (χ2n) is 3.44. The molecule has 7 heteroatoms. The number of anilines is 1. The topological polar surface area (TPSA) is 106 Å². The normalized spacial score (nSPS) is 14.1. The van der Waals surface area contributed by atoms with Gasteiger partial charge in [-0.2, -0.15) is 0 Å². The highest BCUT2D eigenvalue weighted by molar-refractivity contribution is 6.30. The predicted octanol–water partition coefficient (Wildman–Crippen LogP) is 0.275. The maximum atomic E-state index is 10.9. The molecule has 6 nitrogen and oxygen atoms in total. The van der Waals surface area contributed by atoms with Gasteiger partial charge < -0.3 is 20.7 Å². The SMILES string of the molecule is COC(=O)CC(O)C(O)c1cc(N)cnc1Cl. The van der Waals surface area contributed by atoms with Crippen LogP contribution < -0.4 is 5.73 Å². The van der Waals surface area contributed by atoms with Crippen molar-refractivity contribution in [3.05, 3.63) is 23.0 Å². The second-order valence-corrected chi connectivity index (χ2v) is 3.80. The van der Waals surface area contributed by atoms with Crippen LogP contribution in [0.25, 0.3) is 0 Å². The quantitative estimate of drug-likeness (QED) is 0.530. The molecule has 0 bridgehead atoms. The Kier molecular flexibility index (Phi) is 4.68. The van der Waals surface area contributed by atoms with Gasteiger partial charge >= 0.3 is 5.97 Å². The number of carbonyl (C=O) groups is 1. The molecule has 0 aliphatic rings. The van der Waals surface area contributed by atoms with Crippen LogP contribution in [0.5, 0.6) is 0 Å². The van der Waals surface area contributed by atoms with Crippen molar-refractivity contribution in [3.63, 3.8) is 0 Å². The number of nitrogens with two attached hydrogens (primary N) is 1. The number of hydrogen-bond acceptors (Lipinski definition) is 6. The Hall–Kier alpha value is -1.37. The van der Waals surface area contributed by atoms with E-state index in [1.54, 1.807) is 0 Å². The van der Waals surface area contributed by atoms with Crippen molar-refractivity contribution in [2.45, 2.75) is 18.6 Å². The molecular weight excluding hydrogens is 248 g/mol. The van der Waals surface area contributed by atoms with Crippen LogP contribution in [0.3, 0.4) is 0 Å². The lowest BCUT2D eigenvalue weighted by atomic mass is 10.0. The molecule has 4 N–H and O–H groups in total. The molecule has 0 amide bonds. The van der Waals surface area contributed by atoms with Crippen molar-refractivity contribution in [2.24, 2.45) is 0 Å². The molecule has 0 aliphatic carbocycles. The second kappa shape index (κ2) is 5.81. The van der Waals surface area contributed by atoms with Crippen molar-refractivity contribution in [1.29, 1.82) is 0 Å². The van der Waals surface area contributed by atoms with Gasteiger partial charge in [0.2, 0.25) is 0 Å². The summed E-state index contributed by atoms with van der Waals surface area (Å²) in [5, 5.41) is 19.4. The molecule has 0 aliphatic heterocycles. The van der Waals surface area contributed by atoms with Gasteiger partial charge in [0, 0.05) is 5.56 Å². The lowest BCUT2D eigenvalue weighted by molar-refractivity contribution is -0.144. The predicted molar refractivity (Wildman–Crippen MR) is 61.3 cm³/mol. The van der Waals surface area contributed by atoms with Crippen molar-refractivity contribution in [3.8, 4) is 0 Å². The van der Waals surface area contributed by atoms with E-state index in [9.17, 15) is 15.0 Å². The van der Waals surface area contributed by atoms with Gasteiger partial charge in [-0.3, -0.25) is 4.79 Å². The molecule has 0 spiro atoms. The summed E-state index contributed by atoms with van der Waals surface area (Å²) in [5.41, 5.74) is 5.96. The van der Waals surface area contributed by atoms with Crippen LogP contribution >= 0.6 is 11.6 Å². The maximum absolute atomic E-state index is 10.9. The maximum Gasteiger partial charge on any atom is 0.308 e. The average Bonchev–Trinajstić information content (AvgIpc) is 2.31. The smallest absolute Gasteiger partial charge is 0.308 e. The number of aliphatic hydroxyl groups excluding tert-OH is 2. The summed E-state index contributed by atoms with van der Waals surface area (Å²) in [6, 6.07) is 1.39. The molecule has 2 atom stereocenters. The van der Waals surface area contributed by atoms with Crippen molar-refractivity contribution in [1.82, 2.24) is 4.98 Å². The molecular formula is C10H13ClN2O4. The molecule has 17 heavy (non-hydrogen) atoms. The zero-order valence-electron chi connectivity index (χ0n) is 9.13. The van der Waals surface area contributed by atoms with Gasteiger partial charge in [0.15, 0.2) is 0 Å². The van der Waals surface area contributed by atoms with Gasteiger partial charge in [-0.05, 0) is 6.07 Å². The van der Waals surface area contributed by atoms with Crippen LogP contribution in [0, 0.1) is 0 Å². The third kappa shape index (κ3) is 3.55. The number of carbonyl (C=O) groups excluding carboxylic acids is 1. The molecule has 0 radical (unpaired) electrons. The fraction of sp³-hybridized carbons (Fsp3) is 0.400. The monoisotopic (exact) mass is 260 g/mol. The van der Waals surface area contributed by atoms with E-state index in [4.69, 9.17) is 17.3 Å². The van der Waals surface area contributed by atoms with Gasteiger partial charge in [-0.15, -0.1) is 0 Å². The standard InChI is InChI=1S/C10H13ClN2O4/c1-17-8(15)3-7(14)9(16)6-2-5(12)4-13-10(6)11/h2,4,7,9,14,16H,3,12H2,1H3. The number of hydrogen-bond donors (Lipinski definition) is 3. The minimum absolute atomic E-state index is 0.0237. The van der Waals surface area contributed by atoms with Crippen LogP contribution in [0.2, 0.25) is 5.15 Å². The van der Waals surface area contributed by atoms with Gasteiger partial charge in [0.1, 0.15) is 11.3 Å². The van der Waals surface area contributed by atoms with Gasteiger partial charge in [0.25, 0.3) is 0 Å². The number of pyridine rings is 1. The number of aromatic nitrogens is 1. The van der Waals surface area contributed by atoms with Gasteiger partial charge in [-0.25, -0.2) is 4.98 Å². The lowest BCUT2D eigenvalue weighted by Crippen LogP contribution is -2.23. The third-order valence-corrected chi connectivity index (χ3v) is 2.49. The van der Waals surface area contributed by atoms with Gasteiger partial charge in [0.05, 0.1) is 31.5 Å². The van der Waals surface area contributed by atoms with Crippen LogP contribution in [0.1, 0.15) is 18.1 Å². The molecule has 1 rings (SSSR count). The van der Waals surface area contributed by atoms with Crippen molar-refractivity contribution in [2.75, 3.05) is 12.8 Å². The van der Waals surface area contributed by atoms with Gasteiger partial charge in [-0.1, -0.05) is 11.6 Å². The summed E-state index contributed by atoms with van der Waals surface area (Å²) in [4.78, 5) is 14.7. The zero-order valence-corrected chi connectivity index (χ0v) is 9.89. The molecule has 1 aromatic heterocycles. The fourth-order valence-electron chi connectivity index (χ4n) is 1.26. The Morgan fingerprint density at radius 1 is 1.65 bits per heavy atom. The highest BCUT2D eigenvalue weighted by Crippen LogP contribution is 2.26. The van der Waals surface area contributed by atoms with Crippen molar-refractivity contribution < 1.29 is 19.7 Å². The first kappa shape index (κ1) is 13.7. The van der Waals surface area contributed by atoms with E-state index >= 15 is 0 Å². The number of esters is 1. The van der Waals surface area contributed by atoms with E-state index in [0.29, 0.717) is 5.69 Å². The first-order valence-electron chi connectivity index (χ1n) is 4.79. The molecule has 0 aromatic carbocycles. The first-order chi connectivity index (χ1) is 7.95. The highest BCUT2D eigenvalue weighted by atomic mass is 35.5. The summed E-state index contributed by atoms with van der Waals surface area (Å²) in [6.07, 6.45) is -1.70. The van der Waals surface area contributed by atoms with E-state index < -0.39 is 18.2 Å². The zero-order chi connectivity index (χ0) is 13.0. The molecule has 0 fully saturated rings. The van der Waals surface area contributed by atoms with Crippen LogP contribution in [0.4, 0.5) is 5.69 Å². The highest BCUT2D eigenvalue weighted by Gasteiger charge is 2.24. The summed E-state index contributed by atoms with van der Waals surface area (Å²) >= 11 is 5.75. The Labute approximate surface area is 103 Å².